The second-order valence-electron chi connectivity index (χ2n) is 9.10. The van der Waals surface area contributed by atoms with Crippen LogP contribution in [0.5, 0.6) is 0 Å². The molecule has 2 saturated heterocycles. The Kier molecular flexibility index (Phi) is 9.72. The van der Waals surface area contributed by atoms with Crippen molar-refractivity contribution in [3.8, 4) is 6.07 Å². The van der Waals surface area contributed by atoms with Gasteiger partial charge >= 0.3 is 6.09 Å². The van der Waals surface area contributed by atoms with E-state index in [1.807, 2.05) is 17.9 Å². The largest absolute Gasteiger partial charge is 0.450 e. The van der Waals surface area contributed by atoms with Crippen LogP contribution in [0.1, 0.15) is 52.4 Å². The van der Waals surface area contributed by atoms with E-state index in [9.17, 15) is 14.9 Å². The van der Waals surface area contributed by atoms with Crippen molar-refractivity contribution in [2.45, 2.75) is 57.9 Å². The Morgan fingerprint density at radius 2 is 1.94 bits per heavy atom. The zero-order chi connectivity index (χ0) is 24.4. The quantitative estimate of drug-likeness (QED) is 0.343. The number of morpholine rings is 1. The number of nitriles is 1. The van der Waals surface area contributed by atoms with Crippen molar-refractivity contribution in [1.29, 1.82) is 5.26 Å². The van der Waals surface area contributed by atoms with Crippen LogP contribution in [-0.4, -0.2) is 85.8 Å². The van der Waals surface area contributed by atoms with Crippen LogP contribution in [-0.2, 0) is 14.3 Å². The average Bonchev–Trinajstić information content (AvgIpc) is 3.28. The van der Waals surface area contributed by atoms with Crippen LogP contribution in [0.25, 0.3) is 0 Å². The Bertz CT molecular complexity index is 811. The number of allylic oxidation sites excluding steroid dienone is 1. The number of nitrogens with one attached hydrogen (secondary N) is 2. The van der Waals surface area contributed by atoms with E-state index >= 15 is 0 Å². The minimum absolute atomic E-state index is 0.228. The molecule has 0 radical (unpaired) electrons. The molecule has 1 unspecified atom stereocenters. The number of hydrogen-bond donors (Lipinski definition) is 2. The molecule has 0 spiro atoms. The topological polar surface area (TPSA) is 119 Å². The highest BCUT2D eigenvalue weighted by Gasteiger charge is 2.40. The third kappa shape index (κ3) is 7.18. The highest BCUT2D eigenvalue weighted by atomic mass is 16.5. The summed E-state index contributed by atoms with van der Waals surface area (Å²) in [7, 11) is 0. The van der Waals surface area contributed by atoms with E-state index in [4.69, 9.17) is 9.47 Å². The van der Waals surface area contributed by atoms with Gasteiger partial charge in [0.1, 0.15) is 11.2 Å². The highest BCUT2D eigenvalue weighted by molar-refractivity contribution is 6.00. The maximum Gasteiger partial charge on any atom is 0.413 e. The first-order valence-electron chi connectivity index (χ1n) is 12.5. The number of ether oxygens (including phenoxy) is 2. The second kappa shape index (κ2) is 12.7. The molecule has 34 heavy (non-hydrogen) atoms. The molecule has 10 heteroatoms. The fraction of sp³-hybridized carbons (Fsp3) is 0.750. The van der Waals surface area contributed by atoms with Gasteiger partial charge in [0, 0.05) is 26.2 Å². The Morgan fingerprint density at radius 1 is 1.21 bits per heavy atom. The van der Waals surface area contributed by atoms with Gasteiger partial charge in [-0.3, -0.25) is 10.1 Å². The maximum atomic E-state index is 13.5. The van der Waals surface area contributed by atoms with Gasteiger partial charge in [-0.2, -0.15) is 5.26 Å². The fourth-order valence-corrected chi connectivity index (χ4v) is 4.67. The van der Waals surface area contributed by atoms with Crippen LogP contribution in [0, 0.1) is 17.2 Å². The zero-order valence-corrected chi connectivity index (χ0v) is 20.5. The number of rotatable bonds is 6. The van der Waals surface area contributed by atoms with E-state index in [-0.39, 0.29) is 30.1 Å². The van der Waals surface area contributed by atoms with E-state index in [2.05, 4.69) is 26.6 Å². The third-order valence-electron chi connectivity index (χ3n) is 6.66. The highest BCUT2D eigenvalue weighted by Crippen LogP contribution is 2.27. The van der Waals surface area contributed by atoms with Gasteiger partial charge in [0.15, 0.2) is 0 Å². The van der Waals surface area contributed by atoms with Crippen molar-refractivity contribution in [2.24, 2.45) is 10.9 Å². The van der Waals surface area contributed by atoms with E-state index in [1.54, 1.807) is 6.92 Å². The van der Waals surface area contributed by atoms with Gasteiger partial charge in [0.2, 0.25) is 5.96 Å². The van der Waals surface area contributed by atoms with Gasteiger partial charge in [-0.05, 0) is 44.7 Å². The summed E-state index contributed by atoms with van der Waals surface area (Å²) in [6.45, 7) is 8.16. The number of alkyl carbamates (subject to hydrolysis) is 1. The minimum atomic E-state index is -0.942. The van der Waals surface area contributed by atoms with E-state index < -0.39 is 11.6 Å². The van der Waals surface area contributed by atoms with Crippen molar-refractivity contribution in [3.05, 3.63) is 11.8 Å². The van der Waals surface area contributed by atoms with Crippen molar-refractivity contribution >= 4 is 18.0 Å². The molecule has 3 fully saturated rings. The molecule has 2 heterocycles. The maximum absolute atomic E-state index is 13.5. The number of nitrogens with zero attached hydrogens (tertiary/aromatic N) is 4. The van der Waals surface area contributed by atoms with Crippen LogP contribution in [0.15, 0.2) is 16.8 Å². The molecule has 1 saturated carbocycles. The lowest BCUT2D eigenvalue weighted by atomic mass is 9.88. The number of aliphatic imine (C=N–C) groups is 1. The molecular weight excluding hydrogens is 436 g/mol. The monoisotopic (exact) mass is 474 g/mol. The van der Waals surface area contributed by atoms with Crippen LogP contribution >= 0.6 is 0 Å². The predicted octanol–water partition coefficient (Wildman–Crippen LogP) is 1.99. The number of guanidine groups is 1. The molecule has 0 bridgehead atoms. The van der Waals surface area contributed by atoms with Crippen molar-refractivity contribution in [1.82, 2.24) is 20.4 Å². The Hall–Kier alpha value is -2.64. The number of likely N-dealkylation sites (N-methyl/N-ethyl adjacent to an activating group) is 1. The van der Waals surface area contributed by atoms with Gasteiger partial charge in [-0.1, -0.05) is 26.2 Å². The lowest BCUT2D eigenvalue weighted by Gasteiger charge is -2.30. The lowest BCUT2D eigenvalue weighted by Crippen LogP contribution is -2.51. The van der Waals surface area contributed by atoms with Crippen LogP contribution < -0.4 is 10.6 Å². The molecule has 0 aromatic carbocycles. The van der Waals surface area contributed by atoms with Crippen LogP contribution in [0.3, 0.4) is 0 Å². The normalized spacial score (nSPS) is 25.0. The molecule has 3 rings (SSSR count). The van der Waals surface area contributed by atoms with E-state index in [0.29, 0.717) is 39.3 Å². The van der Waals surface area contributed by atoms with Gasteiger partial charge in [0.05, 0.1) is 25.9 Å². The molecule has 2 amide bonds. The van der Waals surface area contributed by atoms with E-state index in [1.165, 1.54) is 6.42 Å². The Labute approximate surface area is 202 Å². The third-order valence-corrected chi connectivity index (χ3v) is 6.66. The molecule has 2 aliphatic heterocycles. The van der Waals surface area contributed by atoms with Gasteiger partial charge in [0.25, 0.3) is 5.91 Å². The van der Waals surface area contributed by atoms with Crippen LogP contribution in [0.2, 0.25) is 0 Å². The number of amides is 2. The molecule has 1 atom stereocenters. The first-order chi connectivity index (χ1) is 16.5. The number of likely N-dealkylation sites (tertiary alicyclic amines) is 1. The first-order valence-corrected chi connectivity index (χ1v) is 12.5. The van der Waals surface area contributed by atoms with Gasteiger partial charge in [-0.15, -0.1) is 0 Å². The molecule has 10 nitrogen and oxygen atoms in total. The average molecular weight is 475 g/mol. The fourth-order valence-electron chi connectivity index (χ4n) is 4.67. The Balaban J connectivity index is 1.90. The molecule has 0 aromatic rings. The van der Waals surface area contributed by atoms with E-state index in [0.717, 1.165) is 38.8 Å². The predicted molar refractivity (Wildman–Crippen MR) is 128 cm³/mol. The molecule has 188 valence electrons. The second-order valence-corrected chi connectivity index (χ2v) is 9.10. The standard InChI is InChI=1S/C24H38N6O4/c1-3-29-11-10-24(17-25,18-29)28-21(31)20(16-19-8-6-5-7-9-19)26-22(27-23(32)34-4-2)30-12-14-33-15-13-30/h16,19H,3-15,18H2,1-2H3,(H,28,31)(H,26,27,32)/b20-16+. The summed E-state index contributed by atoms with van der Waals surface area (Å²) in [5, 5.41) is 15.6. The number of carbonyl (C=O) groups is 2. The summed E-state index contributed by atoms with van der Waals surface area (Å²) in [4.78, 5) is 34.5. The molecule has 3 aliphatic rings. The van der Waals surface area contributed by atoms with Crippen molar-refractivity contribution in [2.75, 3.05) is 52.5 Å². The summed E-state index contributed by atoms with van der Waals surface area (Å²) in [6.07, 6.45) is 7.29. The summed E-state index contributed by atoms with van der Waals surface area (Å²) in [6, 6.07) is 2.33. The SMILES string of the molecule is CCOC(=O)NC(=N/C(=C/C1CCCCC1)C(=O)NC1(C#N)CCN(CC)C1)N1CCOCC1. The van der Waals surface area contributed by atoms with Gasteiger partial charge < -0.3 is 24.6 Å². The summed E-state index contributed by atoms with van der Waals surface area (Å²) in [5.74, 6) is 0.119. The van der Waals surface area contributed by atoms with Crippen molar-refractivity contribution < 1.29 is 19.1 Å². The molecular formula is C24H38N6O4. The minimum Gasteiger partial charge on any atom is -0.450 e. The summed E-state index contributed by atoms with van der Waals surface area (Å²) in [5.41, 5.74) is -0.711. The first kappa shape index (κ1) is 26.0. The van der Waals surface area contributed by atoms with Gasteiger partial charge in [-0.25, -0.2) is 9.79 Å². The van der Waals surface area contributed by atoms with Crippen molar-refractivity contribution in [3.63, 3.8) is 0 Å². The molecule has 1 aliphatic carbocycles. The molecule has 2 N–H and O–H groups in total. The smallest absolute Gasteiger partial charge is 0.413 e. The molecule has 0 aromatic heterocycles. The summed E-state index contributed by atoms with van der Waals surface area (Å²) < 4.78 is 10.5. The Morgan fingerprint density at radius 3 is 2.56 bits per heavy atom. The number of hydrogen-bond acceptors (Lipinski definition) is 7. The zero-order valence-electron chi connectivity index (χ0n) is 20.5. The van der Waals surface area contributed by atoms with Crippen LogP contribution in [0.4, 0.5) is 4.79 Å². The number of carbonyl (C=O) groups excluding carboxylic acids is 2. The summed E-state index contributed by atoms with van der Waals surface area (Å²) >= 11 is 0. The lowest BCUT2D eigenvalue weighted by molar-refractivity contribution is -0.118.